The Kier molecular flexibility index (Phi) is 4.44. The molecule has 3 rings (SSSR count). The minimum Gasteiger partial charge on any atom is -0.387 e. The van der Waals surface area contributed by atoms with Gasteiger partial charge in [-0.25, -0.2) is 0 Å². The van der Waals surface area contributed by atoms with E-state index in [1.165, 1.54) is 0 Å². The van der Waals surface area contributed by atoms with E-state index < -0.39 is 6.10 Å². The molecule has 1 aliphatic rings. The first-order chi connectivity index (χ1) is 10.7. The summed E-state index contributed by atoms with van der Waals surface area (Å²) in [5.41, 5.74) is 1.44. The summed E-state index contributed by atoms with van der Waals surface area (Å²) in [6, 6.07) is 9.47. The van der Waals surface area contributed by atoms with Crippen LogP contribution in [-0.2, 0) is 0 Å². The predicted octanol–water partition coefficient (Wildman–Crippen LogP) is 2.39. The molecule has 114 valence electrons. The molecule has 1 aromatic carbocycles. The Morgan fingerprint density at radius 3 is 2.82 bits per heavy atom. The van der Waals surface area contributed by atoms with Crippen LogP contribution in [0.5, 0.6) is 0 Å². The minimum absolute atomic E-state index is 0.306. The fourth-order valence-corrected chi connectivity index (χ4v) is 2.98. The van der Waals surface area contributed by atoms with Crippen LogP contribution in [0.2, 0.25) is 5.02 Å². The molecule has 0 aliphatic carbocycles. The van der Waals surface area contributed by atoms with Crippen molar-refractivity contribution in [1.29, 1.82) is 5.26 Å². The lowest BCUT2D eigenvalue weighted by molar-refractivity contribution is 0.124. The van der Waals surface area contributed by atoms with Gasteiger partial charge in [-0.05, 0) is 24.1 Å². The van der Waals surface area contributed by atoms with Gasteiger partial charge in [-0.2, -0.15) is 10.4 Å². The largest absolute Gasteiger partial charge is 0.387 e. The van der Waals surface area contributed by atoms with Gasteiger partial charge >= 0.3 is 0 Å². The number of β-amino-alcohol motifs (C(OH)–C–C–N with tert-alkyl or cyclic N) is 1. The predicted molar refractivity (Wildman–Crippen MR) is 83.4 cm³/mol. The van der Waals surface area contributed by atoms with Crippen LogP contribution >= 0.6 is 11.6 Å². The zero-order valence-corrected chi connectivity index (χ0v) is 12.8. The molecule has 0 amide bonds. The van der Waals surface area contributed by atoms with E-state index in [0.717, 1.165) is 25.1 Å². The van der Waals surface area contributed by atoms with Crippen LogP contribution in [0.25, 0.3) is 0 Å². The molecule has 1 saturated heterocycles. The van der Waals surface area contributed by atoms with Gasteiger partial charge in [-0.15, -0.1) is 0 Å². The number of hydrogen-bond acceptors (Lipinski definition) is 4. The van der Waals surface area contributed by atoms with E-state index in [1.807, 2.05) is 23.0 Å². The zero-order valence-electron chi connectivity index (χ0n) is 12.1. The van der Waals surface area contributed by atoms with E-state index in [2.05, 4.69) is 16.1 Å². The number of aromatic nitrogens is 2. The van der Waals surface area contributed by atoms with E-state index >= 15 is 0 Å². The van der Waals surface area contributed by atoms with Crippen LogP contribution in [0.1, 0.15) is 29.7 Å². The Morgan fingerprint density at radius 1 is 1.41 bits per heavy atom. The van der Waals surface area contributed by atoms with Gasteiger partial charge in [0.05, 0.1) is 35.0 Å². The molecule has 22 heavy (non-hydrogen) atoms. The molecule has 1 fully saturated rings. The third-order valence-electron chi connectivity index (χ3n) is 4.05. The van der Waals surface area contributed by atoms with Gasteiger partial charge in [0, 0.05) is 25.8 Å². The number of benzene rings is 1. The van der Waals surface area contributed by atoms with Crippen molar-refractivity contribution in [3.8, 4) is 6.07 Å². The molecule has 0 bridgehead atoms. The standard InChI is InChI=1S/C16H17ClN4O/c17-14-8-19-21(9-14)15-5-6-20(10-15)11-16(22)13-3-1-12(7-18)2-4-13/h1-4,8-9,15-16,22H,5-6,10-11H2. The van der Waals surface area contributed by atoms with Gasteiger partial charge in [0.25, 0.3) is 0 Å². The van der Waals surface area contributed by atoms with Crippen molar-refractivity contribution < 1.29 is 5.11 Å². The molecule has 1 aliphatic heterocycles. The maximum Gasteiger partial charge on any atom is 0.0991 e. The summed E-state index contributed by atoms with van der Waals surface area (Å²) in [5, 5.41) is 24.0. The molecular weight excluding hydrogens is 300 g/mol. The Hall–Kier alpha value is -1.87. The molecule has 2 aromatic rings. The average molecular weight is 317 g/mol. The van der Waals surface area contributed by atoms with E-state index in [4.69, 9.17) is 16.9 Å². The molecule has 2 heterocycles. The van der Waals surface area contributed by atoms with Crippen LogP contribution < -0.4 is 0 Å². The van der Waals surface area contributed by atoms with Crippen molar-refractivity contribution in [3.05, 3.63) is 52.8 Å². The van der Waals surface area contributed by atoms with Crippen molar-refractivity contribution >= 4 is 11.6 Å². The van der Waals surface area contributed by atoms with Crippen molar-refractivity contribution in [2.24, 2.45) is 0 Å². The van der Waals surface area contributed by atoms with E-state index in [0.29, 0.717) is 23.2 Å². The summed E-state index contributed by atoms with van der Waals surface area (Å²) in [7, 11) is 0. The molecule has 1 N–H and O–H groups in total. The SMILES string of the molecule is N#Cc1ccc(C(O)CN2CCC(n3cc(Cl)cn3)C2)cc1. The van der Waals surface area contributed by atoms with E-state index in [-0.39, 0.29) is 0 Å². The summed E-state index contributed by atoms with van der Waals surface area (Å²) in [6.07, 6.45) is 3.94. The van der Waals surface area contributed by atoms with E-state index in [1.54, 1.807) is 18.3 Å². The summed E-state index contributed by atoms with van der Waals surface area (Å²) in [6.45, 7) is 2.36. The van der Waals surface area contributed by atoms with Crippen LogP contribution in [0.15, 0.2) is 36.7 Å². The molecule has 0 spiro atoms. The van der Waals surface area contributed by atoms with Crippen LogP contribution in [0.4, 0.5) is 0 Å². The lowest BCUT2D eigenvalue weighted by Crippen LogP contribution is -2.27. The molecule has 5 nitrogen and oxygen atoms in total. The Balaban J connectivity index is 1.58. The maximum absolute atomic E-state index is 10.3. The normalized spacial score (nSPS) is 20.0. The number of halogens is 1. The highest BCUT2D eigenvalue weighted by Crippen LogP contribution is 2.24. The number of nitrogens with zero attached hydrogens (tertiary/aromatic N) is 4. The van der Waals surface area contributed by atoms with Crippen LogP contribution in [-0.4, -0.2) is 39.4 Å². The summed E-state index contributed by atoms with van der Waals surface area (Å²) < 4.78 is 1.90. The second-order valence-electron chi connectivity index (χ2n) is 5.59. The zero-order chi connectivity index (χ0) is 15.5. The molecule has 0 radical (unpaired) electrons. The fourth-order valence-electron chi connectivity index (χ4n) is 2.84. The Morgan fingerprint density at radius 2 is 2.18 bits per heavy atom. The molecule has 2 atom stereocenters. The molecule has 1 aromatic heterocycles. The van der Waals surface area contributed by atoms with Gasteiger partial charge in [-0.1, -0.05) is 23.7 Å². The Labute approximate surface area is 134 Å². The second kappa shape index (κ2) is 6.49. The fraction of sp³-hybridized carbons (Fsp3) is 0.375. The number of aliphatic hydroxyl groups excluding tert-OH is 1. The highest BCUT2D eigenvalue weighted by molar-refractivity contribution is 6.30. The molecule has 6 heteroatoms. The minimum atomic E-state index is -0.548. The number of rotatable bonds is 4. The first kappa shape index (κ1) is 15.0. The smallest absolute Gasteiger partial charge is 0.0991 e. The lowest BCUT2D eigenvalue weighted by Gasteiger charge is -2.20. The molecular formula is C16H17ClN4O. The number of aliphatic hydroxyl groups is 1. The number of hydrogen-bond donors (Lipinski definition) is 1. The van der Waals surface area contributed by atoms with Gasteiger partial charge in [-0.3, -0.25) is 9.58 Å². The highest BCUT2D eigenvalue weighted by atomic mass is 35.5. The van der Waals surface area contributed by atoms with E-state index in [9.17, 15) is 5.11 Å². The van der Waals surface area contributed by atoms with Crippen LogP contribution in [0.3, 0.4) is 0 Å². The number of likely N-dealkylation sites (tertiary alicyclic amines) is 1. The van der Waals surface area contributed by atoms with Crippen molar-refractivity contribution in [1.82, 2.24) is 14.7 Å². The average Bonchev–Trinajstić information content (AvgIpc) is 3.16. The maximum atomic E-state index is 10.3. The highest BCUT2D eigenvalue weighted by Gasteiger charge is 2.26. The van der Waals surface area contributed by atoms with Crippen molar-refractivity contribution in [2.45, 2.75) is 18.6 Å². The van der Waals surface area contributed by atoms with Gasteiger partial charge in [0.15, 0.2) is 0 Å². The second-order valence-corrected chi connectivity index (χ2v) is 6.03. The lowest BCUT2D eigenvalue weighted by atomic mass is 10.1. The third-order valence-corrected chi connectivity index (χ3v) is 4.24. The van der Waals surface area contributed by atoms with Gasteiger partial charge < -0.3 is 5.11 Å². The first-order valence-corrected chi connectivity index (χ1v) is 7.63. The first-order valence-electron chi connectivity index (χ1n) is 7.26. The molecule has 2 unspecified atom stereocenters. The monoisotopic (exact) mass is 316 g/mol. The van der Waals surface area contributed by atoms with Crippen molar-refractivity contribution in [2.75, 3.05) is 19.6 Å². The topological polar surface area (TPSA) is 65.1 Å². The Bertz CT molecular complexity index is 676. The number of nitriles is 1. The summed E-state index contributed by atoms with van der Waals surface area (Å²) >= 11 is 5.90. The quantitative estimate of drug-likeness (QED) is 0.940. The van der Waals surface area contributed by atoms with Gasteiger partial charge in [0.2, 0.25) is 0 Å². The summed E-state index contributed by atoms with van der Waals surface area (Å²) in [4.78, 5) is 2.23. The van der Waals surface area contributed by atoms with Crippen molar-refractivity contribution in [3.63, 3.8) is 0 Å². The summed E-state index contributed by atoms with van der Waals surface area (Å²) in [5.74, 6) is 0. The van der Waals surface area contributed by atoms with Gasteiger partial charge in [0.1, 0.15) is 0 Å². The van der Waals surface area contributed by atoms with Crippen LogP contribution in [0, 0.1) is 11.3 Å². The molecule has 0 saturated carbocycles. The third kappa shape index (κ3) is 3.30.